The van der Waals surface area contributed by atoms with Gasteiger partial charge in [0, 0.05) is 18.1 Å². The fourth-order valence-corrected chi connectivity index (χ4v) is 3.47. The number of hydrogen-bond donors (Lipinski definition) is 3. The van der Waals surface area contributed by atoms with E-state index in [4.69, 9.17) is 26.0 Å². The number of methoxy groups -OCH3 is 1. The molecule has 0 aliphatic carbocycles. The highest BCUT2D eigenvalue weighted by molar-refractivity contribution is 6.03. The summed E-state index contributed by atoms with van der Waals surface area (Å²) >= 11 is 0. The van der Waals surface area contributed by atoms with Crippen LogP contribution in [0.1, 0.15) is 18.4 Å². The van der Waals surface area contributed by atoms with Crippen molar-refractivity contribution in [1.82, 2.24) is 14.9 Å². The molecule has 0 spiro atoms. The van der Waals surface area contributed by atoms with E-state index in [1.807, 2.05) is 24.3 Å². The molecule has 4 N–H and O–H groups in total. The SMILES string of the molecule is COC(=N)/C=C\C(=N)N=C(N)Cc1cccc(-c2ncc(OCC3CCN(C)CC3)cn2)c1. The average molecular weight is 450 g/mol. The van der Waals surface area contributed by atoms with Crippen LogP contribution in [0.3, 0.4) is 0 Å². The summed E-state index contributed by atoms with van der Waals surface area (Å²) < 4.78 is 10.6. The van der Waals surface area contributed by atoms with Gasteiger partial charge in [-0.15, -0.1) is 0 Å². The van der Waals surface area contributed by atoms with Crippen LogP contribution in [-0.4, -0.2) is 66.3 Å². The van der Waals surface area contributed by atoms with E-state index in [0.717, 1.165) is 37.1 Å². The molecule has 0 amide bonds. The van der Waals surface area contributed by atoms with Gasteiger partial charge in [0.25, 0.3) is 0 Å². The molecule has 1 aromatic heterocycles. The minimum Gasteiger partial charge on any atom is -0.490 e. The standard InChI is InChI=1S/C24H31N7O2/c1-31-10-8-17(9-11-31)16-33-20-14-28-24(29-15-20)19-5-3-4-18(12-19)13-22(26)30-21(25)6-7-23(27)32-2/h3-7,12,14-15,17,27H,8-11,13,16H2,1-2H3,(H3,25,26,30)/b7-6-,27-23?. The van der Waals surface area contributed by atoms with Crippen molar-refractivity contribution in [1.29, 1.82) is 10.8 Å². The van der Waals surface area contributed by atoms with E-state index in [0.29, 0.717) is 36.4 Å². The summed E-state index contributed by atoms with van der Waals surface area (Å²) in [5.74, 6) is 2.05. The molecular weight excluding hydrogens is 418 g/mol. The highest BCUT2D eigenvalue weighted by Gasteiger charge is 2.17. The third-order valence-corrected chi connectivity index (χ3v) is 5.40. The number of aliphatic imine (C=N–C) groups is 1. The van der Waals surface area contributed by atoms with E-state index >= 15 is 0 Å². The number of piperidine rings is 1. The van der Waals surface area contributed by atoms with Gasteiger partial charge in [-0.25, -0.2) is 15.0 Å². The summed E-state index contributed by atoms with van der Waals surface area (Å²) in [6.07, 6.45) is 8.82. The highest BCUT2D eigenvalue weighted by atomic mass is 16.5. The Kier molecular flexibility index (Phi) is 8.65. The van der Waals surface area contributed by atoms with Crippen LogP contribution in [-0.2, 0) is 11.2 Å². The predicted octanol–water partition coefficient (Wildman–Crippen LogP) is 2.92. The zero-order valence-electron chi connectivity index (χ0n) is 19.1. The molecule has 1 aromatic carbocycles. The van der Waals surface area contributed by atoms with Crippen LogP contribution in [0.4, 0.5) is 0 Å². The van der Waals surface area contributed by atoms with Crippen LogP contribution in [0, 0.1) is 16.7 Å². The molecule has 0 radical (unpaired) electrons. The molecule has 2 aromatic rings. The Hall–Kier alpha value is -3.59. The van der Waals surface area contributed by atoms with Gasteiger partial charge in [-0.05, 0) is 56.6 Å². The number of ether oxygens (including phenoxy) is 2. The molecule has 3 rings (SSSR count). The topological polar surface area (TPSA) is 134 Å². The first kappa shape index (κ1) is 24.1. The predicted molar refractivity (Wildman–Crippen MR) is 130 cm³/mol. The molecule has 0 saturated carbocycles. The maximum Gasteiger partial charge on any atom is 0.205 e. The first-order valence-electron chi connectivity index (χ1n) is 10.9. The smallest absolute Gasteiger partial charge is 0.205 e. The zero-order valence-corrected chi connectivity index (χ0v) is 19.1. The van der Waals surface area contributed by atoms with Crippen LogP contribution in [0.2, 0.25) is 0 Å². The summed E-state index contributed by atoms with van der Waals surface area (Å²) in [6, 6.07) is 7.74. The molecular formula is C24H31N7O2. The van der Waals surface area contributed by atoms with Crippen molar-refractivity contribution in [2.75, 3.05) is 33.9 Å². The van der Waals surface area contributed by atoms with Crippen LogP contribution < -0.4 is 10.5 Å². The van der Waals surface area contributed by atoms with Crippen molar-refractivity contribution in [3.05, 3.63) is 54.4 Å². The summed E-state index contributed by atoms with van der Waals surface area (Å²) in [5.41, 5.74) is 7.79. The Morgan fingerprint density at radius 1 is 1.21 bits per heavy atom. The fourth-order valence-electron chi connectivity index (χ4n) is 3.47. The quantitative estimate of drug-likeness (QED) is 0.419. The van der Waals surface area contributed by atoms with Crippen molar-refractivity contribution >= 4 is 17.6 Å². The number of amidine groups is 2. The van der Waals surface area contributed by atoms with Gasteiger partial charge in [-0.2, -0.15) is 0 Å². The Labute approximate surface area is 194 Å². The number of hydrogen-bond acceptors (Lipinski definition) is 7. The molecule has 9 nitrogen and oxygen atoms in total. The third kappa shape index (κ3) is 7.80. The highest BCUT2D eigenvalue weighted by Crippen LogP contribution is 2.20. The number of nitrogens with two attached hydrogens (primary N) is 1. The first-order valence-corrected chi connectivity index (χ1v) is 10.9. The molecule has 0 unspecified atom stereocenters. The Morgan fingerprint density at radius 3 is 2.64 bits per heavy atom. The van der Waals surface area contributed by atoms with Gasteiger partial charge in [0.15, 0.2) is 11.6 Å². The fraction of sp³-hybridized carbons (Fsp3) is 0.375. The van der Waals surface area contributed by atoms with E-state index in [1.54, 1.807) is 12.4 Å². The normalized spacial score (nSPS) is 15.5. The number of benzene rings is 1. The van der Waals surface area contributed by atoms with E-state index in [9.17, 15) is 0 Å². The van der Waals surface area contributed by atoms with Crippen LogP contribution >= 0.6 is 0 Å². The summed E-state index contributed by atoms with van der Waals surface area (Å²) in [7, 11) is 3.54. The van der Waals surface area contributed by atoms with Crippen molar-refractivity contribution in [2.45, 2.75) is 19.3 Å². The first-order chi connectivity index (χ1) is 15.9. The number of aromatic nitrogens is 2. The largest absolute Gasteiger partial charge is 0.490 e. The van der Waals surface area contributed by atoms with Crippen molar-refractivity contribution in [3.63, 3.8) is 0 Å². The van der Waals surface area contributed by atoms with Crippen molar-refractivity contribution in [3.8, 4) is 17.1 Å². The maximum absolute atomic E-state index is 7.82. The molecule has 33 heavy (non-hydrogen) atoms. The van der Waals surface area contributed by atoms with Gasteiger partial charge in [0.1, 0.15) is 11.7 Å². The average Bonchev–Trinajstić information content (AvgIpc) is 2.82. The maximum atomic E-state index is 7.82. The number of rotatable bonds is 8. The summed E-state index contributed by atoms with van der Waals surface area (Å²) in [4.78, 5) is 15.3. The van der Waals surface area contributed by atoms with Gasteiger partial charge in [-0.3, -0.25) is 10.8 Å². The molecule has 1 saturated heterocycles. The number of nitrogens with zero attached hydrogens (tertiary/aromatic N) is 4. The Morgan fingerprint density at radius 2 is 1.94 bits per heavy atom. The molecule has 0 bridgehead atoms. The van der Waals surface area contributed by atoms with E-state index in [1.165, 1.54) is 19.3 Å². The van der Waals surface area contributed by atoms with Gasteiger partial charge in [-0.1, -0.05) is 18.2 Å². The van der Waals surface area contributed by atoms with Crippen molar-refractivity contribution < 1.29 is 9.47 Å². The number of likely N-dealkylation sites (tertiary alicyclic amines) is 1. The molecule has 1 aliphatic rings. The van der Waals surface area contributed by atoms with Gasteiger partial charge in [0.2, 0.25) is 5.90 Å². The Balaban J connectivity index is 1.57. The minimum atomic E-state index is -0.0561. The van der Waals surface area contributed by atoms with Gasteiger partial charge >= 0.3 is 0 Å². The van der Waals surface area contributed by atoms with Crippen LogP contribution in [0.25, 0.3) is 11.4 Å². The molecule has 1 fully saturated rings. The van der Waals surface area contributed by atoms with E-state index in [2.05, 4.69) is 26.9 Å². The third-order valence-electron chi connectivity index (χ3n) is 5.40. The lowest BCUT2D eigenvalue weighted by Gasteiger charge is -2.28. The second-order valence-electron chi connectivity index (χ2n) is 8.07. The lowest BCUT2D eigenvalue weighted by Crippen LogP contribution is -2.32. The molecule has 174 valence electrons. The Bertz CT molecular complexity index is 1010. The lowest BCUT2D eigenvalue weighted by molar-refractivity contribution is 0.159. The molecule has 1 aliphatic heterocycles. The van der Waals surface area contributed by atoms with Gasteiger partial charge < -0.3 is 20.1 Å². The molecule has 2 heterocycles. The van der Waals surface area contributed by atoms with E-state index < -0.39 is 0 Å². The molecule has 9 heteroatoms. The monoisotopic (exact) mass is 449 g/mol. The van der Waals surface area contributed by atoms with Crippen LogP contribution in [0.15, 0.2) is 53.8 Å². The lowest BCUT2D eigenvalue weighted by atomic mass is 9.98. The van der Waals surface area contributed by atoms with E-state index in [-0.39, 0.29) is 11.7 Å². The summed E-state index contributed by atoms with van der Waals surface area (Å²) in [6.45, 7) is 2.93. The van der Waals surface area contributed by atoms with Gasteiger partial charge in [0.05, 0.1) is 26.1 Å². The minimum absolute atomic E-state index is 0.0513. The number of nitrogens with one attached hydrogen (secondary N) is 2. The second-order valence-corrected chi connectivity index (χ2v) is 8.07. The summed E-state index contributed by atoms with van der Waals surface area (Å²) in [5, 5.41) is 15.2. The molecule has 0 atom stereocenters. The zero-order chi connectivity index (χ0) is 23.6. The van der Waals surface area contributed by atoms with Crippen LogP contribution in [0.5, 0.6) is 5.75 Å². The second kappa shape index (κ2) is 11.9. The van der Waals surface area contributed by atoms with Crippen molar-refractivity contribution in [2.24, 2.45) is 16.6 Å².